The molecule has 0 aliphatic carbocycles. The minimum absolute atomic E-state index is 0.0110. The molecule has 1 spiro atoms. The summed E-state index contributed by atoms with van der Waals surface area (Å²) in [7, 11) is 0. The fraction of sp³-hybridized carbons (Fsp3) is 0.500. The first kappa shape index (κ1) is 16.3. The lowest BCUT2D eigenvalue weighted by molar-refractivity contribution is -0.135. The molecule has 132 valence electrons. The summed E-state index contributed by atoms with van der Waals surface area (Å²) in [5, 5.41) is 0.667. The predicted molar refractivity (Wildman–Crippen MR) is 96.6 cm³/mol. The van der Waals surface area contributed by atoms with Gasteiger partial charge in [-0.2, -0.15) is 0 Å². The summed E-state index contributed by atoms with van der Waals surface area (Å²) >= 11 is 0. The highest BCUT2D eigenvalue weighted by Gasteiger charge is 2.40. The predicted octanol–water partition coefficient (Wildman–Crippen LogP) is 2.34. The number of rotatable bonds is 2. The summed E-state index contributed by atoms with van der Waals surface area (Å²) in [6.07, 6.45) is 3.24. The molecule has 1 atom stereocenters. The number of piperidine rings is 1. The number of pyridine rings is 1. The number of nitrogens with zero attached hydrogens (tertiary/aromatic N) is 2. The Hall–Kier alpha value is -2.14. The number of fused-ring (bicyclic) bond motifs is 1. The van der Waals surface area contributed by atoms with Crippen LogP contribution in [0.3, 0.4) is 0 Å². The van der Waals surface area contributed by atoms with Gasteiger partial charge in [0, 0.05) is 42.3 Å². The Bertz CT molecular complexity index is 865. The highest BCUT2D eigenvalue weighted by Crippen LogP contribution is 2.37. The summed E-state index contributed by atoms with van der Waals surface area (Å²) in [4.78, 5) is 27.2. The number of aryl methyl sites for hydroxylation is 1. The molecule has 0 bridgehead atoms. The number of ether oxygens (including phenoxy) is 1. The number of hydrogen-bond donors (Lipinski definition) is 0. The molecule has 0 saturated carbocycles. The van der Waals surface area contributed by atoms with E-state index in [1.54, 1.807) is 6.07 Å². The molecule has 0 unspecified atom stereocenters. The Morgan fingerprint density at radius 3 is 2.92 bits per heavy atom. The molecular weight excluding hydrogens is 316 g/mol. The van der Waals surface area contributed by atoms with E-state index >= 15 is 0 Å². The van der Waals surface area contributed by atoms with Crippen LogP contribution < -0.4 is 5.43 Å². The van der Waals surface area contributed by atoms with E-state index in [1.807, 2.05) is 40.7 Å². The lowest BCUT2D eigenvalue weighted by atomic mass is 9.79. The van der Waals surface area contributed by atoms with Gasteiger partial charge in [-0.1, -0.05) is 12.1 Å². The summed E-state index contributed by atoms with van der Waals surface area (Å²) < 4.78 is 7.56. The van der Waals surface area contributed by atoms with Gasteiger partial charge in [-0.05, 0) is 38.3 Å². The summed E-state index contributed by atoms with van der Waals surface area (Å²) in [5.74, 6) is 0.128. The maximum absolute atomic E-state index is 13.0. The van der Waals surface area contributed by atoms with Crippen molar-refractivity contribution in [1.29, 1.82) is 0 Å². The zero-order valence-corrected chi connectivity index (χ0v) is 14.7. The van der Waals surface area contributed by atoms with Gasteiger partial charge in [0.25, 0.3) is 0 Å². The van der Waals surface area contributed by atoms with Crippen LogP contribution in [0.5, 0.6) is 0 Å². The van der Waals surface area contributed by atoms with Gasteiger partial charge in [0.1, 0.15) is 6.54 Å². The van der Waals surface area contributed by atoms with E-state index in [9.17, 15) is 9.59 Å². The van der Waals surface area contributed by atoms with Crippen molar-refractivity contribution in [3.8, 4) is 0 Å². The SMILES string of the molecule is Cc1cc(=O)c2ccccc2n1CC(=O)N1CCC[C@@]2(CCOC2)C1. The number of likely N-dealkylation sites (tertiary alicyclic amines) is 1. The van der Waals surface area contributed by atoms with Gasteiger partial charge in [-0.3, -0.25) is 9.59 Å². The van der Waals surface area contributed by atoms with Gasteiger partial charge in [0.05, 0.1) is 12.1 Å². The molecule has 2 saturated heterocycles. The van der Waals surface area contributed by atoms with E-state index in [1.165, 1.54) is 0 Å². The first-order chi connectivity index (χ1) is 12.1. The second-order valence-electron chi connectivity index (χ2n) is 7.47. The topological polar surface area (TPSA) is 51.5 Å². The third-order valence-corrected chi connectivity index (χ3v) is 5.72. The number of amides is 1. The second kappa shape index (κ2) is 6.30. The summed E-state index contributed by atoms with van der Waals surface area (Å²) in [6.45, 7) is 5.37. The standard InChI is InChI=1S/C20H24N2O3/c1-15-11-18(23)16-5-2-3-6-17(16)22(15)12-19(24)21-9-4-7-20(13-21)8-10-25-14-20/h2-3,5-6,11H,4,7-10,12-14H2,1H3/t20-/m1/s1. The van der Waals surface area contributed by atoms with Crippen molar-refractivity contribution in [1.82, 2.24) is 9.47 Å². The molecule has 4 rings (SSSR count). The molecular formula is C20H24N2O3. The minimum atomic E-state index is 0.0110. The molecule has 1 amide bonds. The number of hydrogen-bond acceptors (Lipinski definition) is 3. The fourth-order valence-electron chi connectivity index (χ4n) is 4.29. The minimum Gasteiger partial charge on any atom is -0.381 e. The zero-order chi connectivity index (χ0) is 17.4. The molecule has 5 heteroatoms. The lowest BCUT2D eigenvalue weighted by Gasteiger charge is -2.39. The van der Waals surface area contributed by atoms with E-state index in [4.69, 9.17) is 4.74 Å². The van der Waals surface area contributed by atoms with E-state index in [2.05, 4.69) is 0 Å². The Kier molecular flexibility index (Phi) is 4.12. The van der Waals surface area contributed by atoms with Gasteiger partial charge in [-0.25, -0.2) is 0 Å². The highest BCUT2D eigenvalue weighted by atomic mass is 16.5. The van der Waals surface area contributed by atoms with Gasteiger partial charge in [0.15, 0.2) is 5.43 Å². The van der Waals surface area contributed by atoms with Crippen LogP contribution in [-0.4, -0.2) is 41.7 Å². The molecule has 5 nitrogen and oxygen atoms in total. The van der Waals surface area contributed by atoms with E-state index in [0.717, 1.165) is 56.8 Å². The van der Waals surface area contributed by atoms with Gasteiger partial charge < -0.3 is 14.2 Å². The Morgan fingerprint density at radius 1 is 1.28 bits per heavy atom. The van der Waals surface area contributed by atoms with Crippen molar-refractivity contribution < 1.29 is 9.53 Å². The van der Waals surface area contributed by atoms with Crippen molar-refractivity contribution in [2.24, 2.45) is 5.41 Å². The average Bonchev–Trinajstić information content (AvgIpc) is 3.06. The van der Waals surface area contributed by atoms with Crippen molar-refractivity contribution in [3.63, 3.8) is 0 Å². The first-order valence-electron chi connectivity index (χ1n) is 9.03. The Labute approximate surface area is 147 Å². The lowest BCUT2D eigenvalue weighted by Crippen LogP contribution is -2.47. The van der Waals surface area contributed by atoms with E-state index in [0.29, 0.717) is 5.39 Å². The van der Waals surface area contributed by atoms with Crippen LogP contribution in [0.1, 0.15) is 25.0 Å². The van der Waals surface area contributed by atoms with Crippen LogP contribution in [0.2, 0.25) is 0 Å². The largest absolute Gasteiger partial charge is 0.381 e. The average molecular weight is 340 g/mol. The molecule has 2 aliphatic heterocycles. The van der Waals surface area contributed by atoms with Gasteiger partial charge in [-0.15, -0.1) is 0 Å². The Balaban J connectivity index is 1.61. The van der Waals surface area contributed by atoms with Crippen LogP contribution in [0.25, 0.3) is 10.9 Å². The molecule has 0 N–H and O–H groups in total. The Morgan fingerprint density at radius 2 is 2.12 bits per heavy atom. The van der Waals surface area contributed by atoms with Gasteiger partial charge >= 0.3 is 0 Å². The summed E-state index contributed by atoms with van der Waals surface area (Å²) in [6, 6.07) is 9.13. The van der Waals surface area contributed by atoms with Gasteiger partial charge in [0.2, 0.25) is 5.91 Å². The van der Waals surface area contributed by atoms with Crippen molar-refractivity contribution in [2.75, 3.05) is 26.3 Å². The van der Waals surface area contributed by atoms with Crippen LogP contribution in [-0.2, 0) is 16.1 Å². The van der Waals surface area contributed by atoms with Crippen LogP contribution in [0.15, 0.2) is 35.1 Å². The van der Waals surface area contributed by atoms with Crippen molar-refractivity contribution >= 4 is 16.8 Å². The molecule has 2 fully saturated rings. The molecule has 3 heterocycles. The third kappa shape index (κ3) is 2.97. The summed E-state index contributed by atoms with van der Waals surface area (Å²) in [5.41, 5.74) is 1.83. The van der Waals surface area contributed by atoms with Crippen LogP contribution in [0.4, 0.5) is 0 Å². The molecule has 2 aromatic rings. The van der Waals surface area contributed by atoms with E-state index in [-0.39, 0.29) is 23.3 Å². The molecule has 25 heavy (non-hydrogen) atoms. The smallest absolute Gasteiger partial charge is 0.242 e. The first-order valence-corrected chi connectivity index (χ1v) is 9.03. The maximum atomic E-state index is 13.0. The number of carbonyl (C=O) groups excluding carboxylic acids is 1. The zero-order valence-electron chi connectivity index (χ0n) is 14.7. The number of aromatic nitrogens is 1. The quantitative estimate of drug-likeness (QED) is 0.843. The normalized spacial score (nSPS) is 23.5. The molecule has 1 aromatic heterocycles. The second-order valence-corrected chi connectivity index (χ2v) is 7.47. The van der Waals surface area contributed by atoms with Crippen molar-refractivity contribution in [3.05, 3.63) is 46.2 Å². The third-order valence-electron chi connectivity index (χ3n) is 5.72. The highest BCUT2D eigenvalue weighted by molar-refractivity contribution is 5.82. The molecule has 2 aliphatic rings. The van der Waals surface area contributed by atoms with E-state index < -0.39 is 0 Å². The fourth-order valence-corrected chi connectivity index (χ4v) is 4.29. The number of benzene rings is 1. The number of para-hydroxylation sites is 1. The van der Waals surface area contributed by atoms with Crippen molar-refractivity contribution in [2.45, 2.75) is 32.7 Å². The molecule has 1 aromatic carbocycles. The molecule has 0 radical (unpaired) electrons. The monoisotopic (exact) mass is 340 g/mol. The number of carbonyl (C=O) groups is 1. The maximum Gasteiger partial charge on any atom is 0.242 e. The van der Waals surface area contributed by atoms with Crippen LogP contribution in [0, 0.1) is 12.3 Å². The van der Waals surface area contributed by atoms with Crippen LogP contribution >= 0.6 is 0 Å².